The normalized spacial score (nSPS) is 47.8. The van der Waals surface area contributed by atoms with Gasteiger partial charge in [-0.15, -0.1) is 13.2 Å². The van der Waals surface area contributed by atoms with Gasteiger partial charge < -0.3 is 9.47 Å². The van der Waals surface area contributed by atoms with E-state index in [1.165, 1.54) is 57.8 Å². The second-order valence-corrected chi connectivity index (χ2v) is 12.9. The van der Waals surface area contributed by atoms with Gasteiger partial charge in [-0.05, 0) is 85.4 Å². The molecule has 0 radical (unpaired) electrons. The van der Waals surface area contributed by atoms with Crippen molar-refractivity contribution in [2.45, 2.75) is 105 Å². The molecule has 0 amide bonds. The van der Waals surface area contributed by atoms with Crippen LogP contribution in [0.15, 0.2) is 25.3 Å². The van der Waals surface area contributed by atoms with Gasteiger partial charge in [0.1, 0.15) is 0 Å². The molecule has 0 aliphatic heterocycles. The van der Waals surface area contributed by atoms with Crippen molar-refractivity contribution in [2.24, 2.45) is 52.3 Å². The average Bonchev–Trinajstić information content (AvgIpc) is 3.15. The second-order valence-electron chi connectivity index (χ2n) is 12.9. The van der Waals surface area contributed by atoms with Crippen LogP contribution in [0.1, 0.15) is 92.4 Å². The molecule has 0 unspecified atom stereocenters. The van der Waals surface area contributed by atoms with Crippen molar-refractivity contribution in [1.29, 1.82) is 0 Å². The van der Waals surface area contributed by atoms with E-state index < -0.39 is 0 Å². The van der Waals surface area contributed by atoms with Gasteiger partial charge in [-0.25, -0.2) is 0 Å². The number of fused-ring (bicyclic) bond motifs is 5. The Morgan fingerprint density at radius 2 is 1.70 bits per heavy atom. The van der Waals surface area contributed by atoms with Gasteiger partial charge in [-0.2, -0.15) is 0 Å². The molecule has 0 aromatic rings. The number of ether oxygens (including phenoxy) is 2. The van der Waals surface area contributed by atoms with Crippen molar-refractivity contribution in [3.63, 3.8) is 0 Å². The van der Waals surface area contributed by atoms with E-state index in [1.807, 2.05) is 12.2 Å². The third kappa shape index (κ3) is 4.31. The molecule has 188 valence electrons. The minimum absolute atomic E-state index is 0.250. The fourth-order valence-corrected chi connectivity index (χ4v) is 9.77. The zero-order valence-corrected chi connectivity index (χ0v) is 22.4. The first-order valence-corrected chi connectivity index (χ1v) is 14.3. The summed E-state index contributed by atoms with van der Waals surface area (Å²) in [6.07, 6.45) is 16.7. The minimum Gasteiger partial charge on any atom is -0.374 e. The molecule has 4 aliphatic carbocycles. The van der Waals surface area contributed by atoms with E-state index in [-0.39, 0.29) is 5.41 Å². The predicted octanol–water partition coefficient (Wildman–Crippen LogP) is 8.08. The number of hydrogen-bond donors (Lipinski definition) is 0. The zero-order valence-electron chi connectivity index (χ0n) is 22.4. The number of hydrogen-bond acceptors (Lipinski definition) is 2. The third-order valence-corrected chi connectivity index (χ3v) is 11.3. The van der Waals surface area contributed by atoms with Crippen molar-refractivity contribution >= 4 is 0 Å². The summed E-state index contributed by atoms with van der Waals surface area (Å²) in [5, 5.41) is 0. The summed E-state index contributed by atoms with van der Waals surface area (Å²) in [6, 6.07) is 0. The van der Waals surface area contributed by atoms with E-state index in [0.717, 1.165) is 23.7 Å². The van der Waals surface area contributed by atoms with Crippen LogP contribution in [0.4, 0.5) is 0 Å². The monoisotopic (exact) mass is 456 g/mol. The molecule has 33 heavy (non-hydrogen) atoms. The molecule has 0 aromatic carbocycles. The molecule has 2 nitrogen and oxygen atoms in total. The maximum atomic E-state index is 6.74. The molecule has 4 rings (SSSR count). The SMILES string of the molecule is C=CCO[C@H]1C[C@H]2[C@@H]([C@H](OCC=C)C[C@@H]3C[C@H](C)CC[C@@]32C)[C@@H]2CC[C@H]([C@H](C)CCC)[C@@]12C. The molecule has 0 spiro atoms. The Morgan fingerprint density at radius 3 is 2.39 bits per heavy atom. The lowest BCUT2D eigenvalue weighted by molar-refractivity contribution is -0.220. The first-order chi connectivity index (χ1) is 15.8. The quantitative estimate of drug-likeness (QED) is 0.326. The van der Waals surface area contributed by atoms with E-state index in [0.29, 0.717) is 48.6 Å². The van der Waals surface area contributed by atoms with Crippen LogP contribution in [-0.2, 0) is 9.47 Å². The van der Waals surface area contributed by atoms with Crippen LogP contribution in [0.3, 0.4) is 0 Å². The molecule has 0 heterocycles. The highest BCUT2D eigenvalue weighted by atomic mass is 16.5. The zero-order chi connectivity index (χ0) is 23.8. The average molecular weight is 457 g/mol. The summed E-state index contributed by atoms with van der Waals surface area (Å²) in [5.41, 5.74) is 0.690. The molecular weight excluding hydrogens is 404 g/mol. The molecule has 11 atom stereocenters. The van der Waals surface area contributed by atoms with Gasteiger partial charge in [-0.3, -0.25) is 0 Å². The topological polar surface area (TPSA) is 18.5 Å². The van der Waals surface area contributed by atoms with Crippen molar-refractivity contribution < 1.29 is 9.47 Å². The molecule has 4 fully saturated rings. The third-order valence-electron chi connectivity index (χ3n) is 11.3. The second kappa shape index (κ2) is 10.2. The fourth-order valence-electron chi connectivity index (χ4n) is 9.77. The lowest BCUT2D eigenvalue weighted by Gasteiger charge is -2.64. The molecule has 0 bridgehead atoms. The highest BCUT2D eigenvalue weighted by Crippen LogP contribution is 2.69. The van der Waals surface area contributed by atoms with E-state index in [1.54, 1.807) is 0 Å². The molecule has 0 aromatic heterocycles. The van der Waals surface area contributed by atoms with Crippen LogP contribution < -0.4 is 0 Å². The highest BCUT2D eigenvalue weighted by Gasteiger charge is 2.66. The summed E-state index contributed by atoms with van der Waals surface area (Å²) >= 11 is 0. The first-order valence-electron chi connectivity index (χ1n) is 14.3. The summed E-state index contributed by atoms with van der Waals surface area (Å²) in [4.78, 5) is 0. The van der Waals surface area contributed by atoms with Gasteiger partial charge >= 0.3 is 0 Å². The molecule has 0 saturated heterocycles. The minimum atomic E-state index is 0.250. The Kier molecular flexibility index (Phi) is 7.86. The van der Waals surface area contributed by atoms with Gasteiger partial charge in [0.15, 0.2) is 0 Å². The molecule has 2 heteroatoms. The Hall–Kier alpha value is -0.600. The summed E-state index contributed by atoms with van der Waals surface area (Å²) < 4.78 is 13.4. The predicted molar refractivity (Wildman–Crippen MR) is 139 cm³/mol. The van der Waals surface area contributed by atoms with E-state index >= 15 is 0 Å². The van der Waals surface area contributed by atoms with Crippen LogP contribution in [-0.4, -0.2) is 25.4 Å². The van der Waals surface area contributed by atoms with Gasteiger partial charge in [0, 0.05) is 5.41 Å². The van der Waals surface area contributed by atoms with Crippen LogP contribution >= 0.6 is 0 Å². The smallest absolute Gasteiger partial charge is 0.0648 e. The van der Waals surface area contributed by atoms with Gasteiger partial charge in [0.05, 0.1) is 25.4 Å². The van der Waals surface area contributed by atoms with Crippen LogP contribution in [0.2, 0.25) is 0 Å². The van der Waals surface area contributed by atoms with Crippen molar-refractivity contribution in [2.75, 3.05) is 13.2 Å². The van der Waals surface area contributed by atoms with E-state index in [2.05, 4.69) is 47.8 Å². The molecular formula is C31H52O2. The fraction of sp³-hybridized carbons (Fsp3) is 0.871. The molecule has 0 N–H and O–H groups in total. The number of rotatable bonds is 9. The Balaban J connectivity index is 1.73. The Labute approximate surface area is 205 Å². The molecule has 4 aliphatic rings. The van der Waals surface area contributed by atoms with Gasteiger partial charge in [0.25, 0.3) is 0 Å². The highest BCUT2D eigenvalue weighted by molar-refractivity contribution is 5.15. The van der Waals surface area contributed by atoms with Crippen LogP contribution in [0, 0.1) is 52.3 Å². The van der Waals surface area contributed by atoms with Crippen LogP contribution in [0.5, 0.6) is 0 Å². The Morgan fingerprint density at radius 1 is 0.970 bits per heavy atom. The maximum absolute atomic E-state index is 6.74. The Bertz CT molecular complexity index is 686. The largest absolute Gasteiger partial charge is 0.374 e. The van der Waals surface area contributed by atoms with Crippen molar-refractivity contribution in [1.82, 2.24) is 0 Å². The summed E-state index contributed by atoms with van der Waals surface area (Å²) in [5.74, 6) is 5.27. The van der Waals surface area contributed by atoms with Crippen molar-refractivity contribution in [3.05, 3.63) is 25.3 Å². The summed E-state index contributed by atoms with van der Waals surface area (Å²) in [7, 11) is 0. The van der Waals surface area contributed by atoms with Gasteiger partial charge in [0.2, 0.25) is 0 Å². The van der Waals surface area contributed by atoms with Gasteiger partial charge in [-0.1, -0.05) is 66.0 Å². The maximum Gasteiger partial charge on any atom is 0.0648 e. The lowest BCUT2D eigenvalue weighted by Crippen LogP contribution is -2.63. The summed E-state index contributed by atoms with van der Waals surface area (Å²) in [6.45, 7) is 22.0. The first kappa shape index (κ1) is 25.5. The van der Waals surface area contributed by atoms with E-state index in [4.69, 9.17) is 9.47 Å². The van der Waals surface area contributed by atoms with Crippen molar-refractivity contribution in [3.8, 4) is 0 Å². The standard InChI is InChI=1S/C31H52O2/c1-8-11-22(5)24-12-13-25-29-26(20-28(31(24,25)7)33-17-10-3)30(6)15-14-21(4)18-23(30)19-27(29)32-16-9-2/h9-10,21-29H,2-3,8,11-20H2,1,4-7H3/t21-,22-,23+,24-,25+,26+,27-,28+,29+,30+,31-/m1/s1. The molecule has 4 saturated carbocycles. The lowest BCUT2D eigenvalue weighted by atomic mass is 9.42. The van der Waals surface area contributed by atoms with Crippen LogP contribution in [0.25, 0.3) is 0 Å². The van der Waals surface area contributed by atoms with E-state index in [9.17, 15) is 0 Å².